The van der Waals surface area contributed by atoms with Gasteiger partial charge in [0.2, 0.25) is 5.91 Å². The molecule has 0 aliphatic rings. The fraction of sp³-hybridized carbons (Fsp3) is 0.250. The molecule has 0 aromatic heterocycles. The lowest BCUT2D eigenvalue weighted by atomic mass is 10.1. The molecule has 0 atom stereocenters. The van der Waals surface area contributed by atoms with Gasteiger partial charge in [0.1, 0.15) is 5.82 Å². The molecule has 1 aromatic carbocycles. The first-order chi connectivity index (χ1) is 7.09. The quantitative estimate of drug-likeness (QED) is 0.809. The van der Waals surface area contributed by atoms with E-state index < -0.39 is 0 Å². The Morgan fingerprint density at radius 2 is 2.27 bits per heavy atom. The Hall–Kier alpha value is -1.64. The molecule has 15 heavy (non-hydrogen) atoms. The van der Waals surface area contributed by atoms with Crippen LogP contribution in [-0.2, 0) is 4.79 Å². The molecule has 1 rings (SSSR count). The van der Waals surface area contributed by atoms with Crippen LogP contribution in [0.4, 0.5) is 4.39 Å². The maximum Gasteiger partial charge on any atom is 0.217 e. The molecule has 0 aliphatic heterocycles. The molecular weight excluding hydrogens is 193 g/mol. The Morgan fingerprint density at radius 1 is 1.53 bits per heavy atom. The van der Waals surface area contributed by atoms with Gasteiger partial charge >= 0.3 is 0 Å². The highest BCUT2D eigenvalue weighted by molar-refractivity contribution is 5.73. The van der Waals surface area contributed by atoms with Crippen LogP contribution in [0, 0.1) is 12.7 Å². The normalized spacial score (nSPS) is 10.6. The minimum absolute atomic E-state index is 0.0597. The molecule has 0 heterocycles. The van der Waals surface area contributed by atoms with E-state index in [9.17, 15) is 9.18 Å². The van der Waals surface area contributed by atoms with Crippen molar-refractivity contribution in [2.45, 2.75) is 13.8 Å². The number of carbonyl (C=O) groups excluding carboxylic acids is 1. The largest absolute Gasteiger partial charge is 0.353 e. The van der Waals surface area contributed by atoms with Crippen molar-refractivity contribution in [3.63, 3.8) is 0 Å². The van der Waals surface area contributed by atoms with E-state index in [0.717, 1.165) is 11.1 Å². The molecule has 1 aromatic rings. The summed E-state index contributed by atoms with van der Waals surface area (Å²) in [7, 11) is 0. The second-order valence-electron chi connectivity index (χ2n) is 3.34. The molecule has 0 aliphatic carbocycles. The van der Waals surface area contributed by atoms with E-state index in [1.165, 1.54) is 19.1 Å². The summed E-state index contributed by atoms with van der Waals surface area (Å²) < 4.78 is 12.8. The molecule has 1 amide bonds. The molecule has 80 valence electrons. The molecule has 0 saturated heterocycles. The van der Waals surface area contributed by atoms with Crippen molar-refractivity contribution in [2.24, 2.45) is 0 Å². The summed E-state index contributed by atoms with van der Waals surface area (Å²) in [5.74, 6) is -0.290. The van der Waals surface area contributed by atoms with Crippen molar-refractivity contribution in [2.75, 3.05) is 6.54 Å². The number of benzene rings is 1. The highest BCUT2D eigenvalue weighted by atomic mass is 19.1. The topological polar surface area (TPSA) is 29.1 Å². The molecule has 0 fully saturated rings. The van der Waals surface area contributed by atoms with Crippen molar-refractivity contribution in [1.29, 1.82) is 0 Å². The predicted octanol–water partition coefficient (Wildman–Crippen LogP) is 2.28. The van der Waals surface area contributed by atoms with E-state index in [0.29, 0.717) is 6.54 Å². The van der Waals surface area contributed by atoms with Gasteiger partial charge in [-0.1, -0.05) is 18.2 Å². The number of rotatable bonds is 3. The van der Waals surface area contributed by atoms with E-state index in [2.05, 4.69) is 5.32 Å². The van der Waals surface area contributed by atoms with Crippen molar-refractivity contribution in [3.8, 4) is 0 Å². The first-order valence-electron chi connectivity index (χ1n) is 4.76. The summed E-state index contributed by atoms with van der Waals surface area (Å²) >= 11 is 0. The summed E-state index contributed by atoms with van der Waals surface area (Å²) in [4.78, 5) is 10.6. The number of hydrogen-bond donors (Lipinski definition) is 1. The number of aryl methyl sites for hydroxylation is 1. The predicted molar refractivity (Wildman–Crippen MR) is 58.9 cm³/mol. The SMILES string of the molecule is CC(=O)NCC=Cc1ccc(F)cc1C. The van der Waals surface area contributed by atoms with Gasteiger partial charge in [-0.15, -0.1) is 0 Å². The van der Waals surface area contributed by atoms with Gasteiger partial charge in [-0.05, 0) is 30.2 Å². The van der Waals surface area contributed by atoms with E-state index in [1.807, 2.05) is 19.1 Å². The van der Waals surface area contributed by atoms with Crippen LogP contribution >= 0.6 is 0 Å². The van der Waals surface area contributed by atoms with Crippen molar-refractivity contribution >= 4 is 12.0 Å². The minimum Gasteiger partial charge on any atom is -0.353 e. The van der Waals surface area contributed by atoms with Crippen LogP contribution in [-0.4, -0.2) is 12.5 Å². The summed E-state index contributed by atoms with van der Waals surface area (Å²) in [6.07, 6.45) is 3.70. The first kappa shape index (κ1) is 11.4. The van der Waals surface area contributed by atoms with Gasteiger partial charge < -0.3 is 5.32 Å². The van der Waals surface area contributed by atoms with Crippen LogP contribution in [0.1, 0.15) is 18.1 Å². The number of carbonyl (C=O) groups is 1. The molecule has 0 spiro atoms. The Morgan fingerprint density at radius 3 is 2.87 bits per heavy atom. The number of hydrogen-bond acceptors (Lipinski definition) is 1. The second-order valence-corrected chi connectivity index (χ2v) is 3.34. The Balaban J connectivity index is 2.60. The Kier molecular flexibility index (Phi) is 4.03. The van der Waals surface area contributed by atoms with Crippen LogP contribution in [0.3, 0.4) is 0 Å². The molecule has 1 N–H and O–H groups in total. The van der Waals surface area contributed by atoms with Gasteiger partial charge in [-0.3, -0.25) is 4.79 Å². The Bertz CT molecular complexity index is 385. The lowest BCUT2D eigenvalue weighted by Gasteiger charge is -2.00. The van der Waals surface area contributed by atoms with E-state index in [4.69, 9.17) is 0 Å². The fourth-order valence-electron chi connectivity index (χ4n) is 1.21. The number of nitrogens with one attached hydrogen (secondary N) is 1. The van der Waals surface area contributed by atoms with E-state index in [1.54, 1.807) is 6.07 Å². The highest BCUT2D eigenvalue weighted by Crippen LogP contribution is 2.11. The van der Waals surface area contributed by atoms with Gasteiger partial charge in [-0.25, -0.2) is 4.39 Å². The van der Waals surface area contributed by atoms with Crippen LogP contribution in [0.15, 0.2) is 24.3 Å². The number of halogens is 1. The zero-order valence-corrected chi connectivity index (χ0v) is 8.88. The average Bonchev–Trinajstić information content (AvgIpc) is 2.14. The van der Waals surface area contributed by atoms with Crippen LogP contribution in [0.5, 0.6) is 0 Å². The van der Waals surface area contributed by atoms with Crippen LogP contribution < -0.4 is 5.32 Å². The minimum atomic E-state index is -0.230. The van der Waals surface area contributed by atoms with Crippen LogP contribution in [0.25, 0.3) is 6.08 Å². The Labute approximate surface area is 88.8 Å². The molecule has 3 heteroatoms. The zero-order chi connectivity index (χ0) is 11.3. The summed E-state index contributed by atoms with van der Waals surface area (Å²) in [6.45, 7) is 3.81. The zero-order valence-electron chi connectivity index (χ0n) is 8.88. The van der Waals surface area contributed by atoms with Crippen molar-refractivity contribution in [3.05, 3.63) is 41.2 Å². The summed E-state index contributed by atoms with van der Waals surface area (Å²) in [5, 5.41) is 2.65. The van der Waals surface area contributed by atoms with E-state index >= 15 is 0 Å². The number of amides is 1. The van der Waals surface area contributed by atoms with E-state index in [-0.39, 0.29) is 11.7 Å². The lowest BCUT2D eigenvalue weighted by molar-refractivity contribution is -0.118. The van der Waals surface area contributed by atoms with Crippen LogP contribution in [0.2, 0.25) is 0 Å². The molecule has 0 saturated carbocycles. The van der Waals surface area contributed by atoms with Gasteiger partial charge in [0.25, 0.3) is 0 Å². The third-order valence-corrected chi connectivity index (χ3v) is 2.00. The molecule has 0 bridgehead atoms. The molecular formula is C12H14FNO. The molecule has 2 nitrogen and oxygen atoms in total. The summed E-state index contributed by atoms with van der Waals surface area (Å²) in [5.41, 5.74) is 1.84. The smallest absolute Gasteiger partial charge is 0.217 e. The highest BCUT2D eigenvalue weighted by Gasteiger charge is 1.95. The van der Waals surface area contributed by atoms with Gasteiger partial charge in [0.15, 0.2) is 0 Å². The standard InChI is InChI=1S/C12H14FNO/c1-9-8-12(13)6-5-11(9)4-3-7-14-10(2)15/h3-6,8H,7H2,1-2H3,(H,14,15). The molecule has 0 unspecified atom stereocenters. The fourth-order valence-corrected chi connectivity index (χ4v) is 1.21. The first-order valence-corrected chi connectivity index (χ1v) is 4.76. The van der Waals surface area contributed by atoms with Crippen molar-refractivity contribution < 1.29 is 9.18 Å². The third kappa shape index (κ3) is 3.94. The van der Waals surface area contributed by atoms with Gasteiger partial charge in [0.05, 0.1) is 0 Å². The lowest BCUT2D eigenvalue weighted by Crippen LogP contribution is -2.19. The second kappa shape index (κ2) is 5.29. The maximum absolute atomic E-state index is 12.8. The summed E-state index contributed by atoms with van der Waals surface area (Å²) in [6, 6.07) is 4.62. The maximum atomic E-state index is 12.8. The van der Waals surface area contributed by atoms with Gasteiger partial charge in [-0.2, -0.15) is 0 Å². The monoisotopic (exact) mass is 207 g/mol. The van der Waals surface area contributed by atoms with Gasteiger partial charge in [0, 0.05) is 13.5 Å². The average molecular weight is 207 g/mol. The van der Waals surface area contributed by atoms with Crippen molar-refractivity contribution in [1.82, 2.24) is 5.32 Å². The molecule has 0 radical (unpaired) electrons. The third-order valence-electron chi connectivity index (χ3n) is 2.00.